The maximum absolute atomic E-state index is 6.56. The molecule has 0 radical (unpaired) electrons. The van der Waals surface area contributed by atoms with Crippen LogP contribution in [0.4, 0.5) is 0 Å². The number of para-hydroxylation sites is 1. The topological polar surface area (TPSA) is 82.5 Å². The highest BCUT2D eigenvalue weighted by atomic mass is 16.3. The van der Waals surface area contributed by atoms with E-state index in [1.807, 2.05) is 109 Å². The molecule has 0 saturated carbocycles. The number of nitrogens with zero attached hydrogens (tertiary/aromatic N) is 6. The second-order valence-electron chi connectivity index (χ2n) is 15.3. The van der Waals surface area contributed by atoms with Crippen LogP contribution in [0.25, 0.3) is 117 Å². The van der Waals surface area contributed by atoms with Crippen LogP contribution in [0.5, 0.6) is 0 Å². The highest BCUT2D eigenvalue weighted by Gasteiger charge is 2.22. The molecule has 0 N–H and O–H groups in total. The average molecular weight is 795 g/mol. The fourth-order valence-electron chi connectivity index (χ4n) is 8.63. The lowest BCUT2D eigenvalue weighted by Crippen LogP contribution is -2.04. The molecule has 0 spiro atoms. The minimum absolute atomic E-state index is 0.578. The standard InChI is InChI=1S/C55H34N6O/c1-5-17-35(18-6-1)44-34-45(36-19-7-2-8-20-36)57-55(56-44)61-46-28-14-13-25-41(46)50-40(26-15-29-47(50)61)39-31-32-48-43(33-39)51-42(27-16-30-49(51)62-48)54-59-52(37-21-9-3-10-22-37)58-53(60-54)38-23-11-4-12-24-38/h1-34H. The molecule has 0 atom stereocenters. The fraction of sp³-hybridized carbons (Fsp3) is 0. The Morgan fingerprint density at radius 1 is 0.323 bits per heavy atom. The Morgan fingerprint density at radius 3 is 1.50 bits per heavy atom. The molecule has 7 heteroatoms. The largest absolute Gasteiger partial charge is 0.456 e. The molecule has 0 unspecified atom stereocenters. The van der Waals surface area contributed by atoms with Crippen LogP contribution in [0.1, 0.15) is 0 Å². The van der Waals surface area contributed by atoms with Gasteiger partial charge in [-0.2, -0.15) is 0 Å². The van der Waals surface area contributed by atoms with Crippen LogP contribution in [0.3, 0.4) is 0 Å². The zero-order valence-electron chi connectivity index (χ0n) is 33.2. The van der Waals surface area contributed by atoms with Crippen LogP contribution in [0.2, 0.25) is 0 Å². The first-order valence-electron chi connectivity index (χ1n) is 20.6. The van der Waals surface area contributed by atoms with Gasteiger partial charge in [0, 0.05) is 49.4 Å². The monoisotopic (exact) mass is 794 g/mol. The molecule has 0 bridgehead atoms. The van der Waals surface area contributed by atoms with E-state index in [4.69, 9.17) is 29.3 Å². The molecule has 7 nitrogen and oxygen atoms in total. The van der Waals surface area contributed by atoms with Gasteiger partial charge in [-0.05, 0) is 47.5 Å². The predicted octanol–water partition coefficient (Wildman–Crippen LogP) is 13.7. The molecular formula is C55H34N6O. The van der Waals surface area contributed by atoms with Gasteiger partial charge in [-0.15, -0.1) is 0 Å². The van der Waals surface area contributed by atoms with E-state index in [1.165, 1.54) is 0 Å². The Labute approximate surface area is 356 Å². The van der Waals surface area contributed by atoms with Gasteiger partial charge in [0.1, 0.15) is 11.2 Å². The first kappa shape index (κ1) is 35.4. The lowest BCUT2D eigenvalue weighted by atomic mass is 9.97. The van der Waals surface area contributed by atoms with Crippen molar-refractivity contribution in [1.82, 2.24) is 29.5 Å². The summed E-state index contributed by atoms with van der Waals surface area (Å²) < 4.78 is 8.76. The van der Waals surface area contributed by atoms with Crippen molar-refractivity contribution in [3.63, 3.8) is 0 Å². The highest BCUT2D eigenvalue weighted by Crippen LogP contribution is 2.42. The molecule has 8 aromatic carbocycles. The zero-order chi connectivity index (χ0) is 41.0. The summed E-state index contributed by atoms with van der Waals surface area (Å²) in [5.41, 5.74) is 12.2. The van der Waals surface area contributed by atoms with Crippen molar-refractivity contribution in [3.8, 4) is 73.8 Å². The van der Waals surface area contributed by atoms with Crippen LogP contribution in [0, 0.1) is 0 Å². The van der Waals surface area contributed by atoms with Crippen LogP contribution in [0.15, 0.2) is 211 Å². The third-order valence-electron chi connectivity index (χ3n) is 11.5. The molecule has 12 aromatic rings. The Balaban J connectivity index is 1.06. The number of rotatable bonds is 7. The Bertz CT molecular complexity index is 3510. The molecule has 0 aliphatic heterocycles. The Morgan fingerprint density at radius 2 is 0.855 bits per heavy atom. The van der Waals surface area contributed by atoms with Gasteiger partial charge < -0.3 is 4.42 Å². The third kappa shape index (κ3) is 6.02. The number of fused-ring (bicyclic) bond motifs is 6. The molecule has 290 valence electrons. The molecule has 62 heavy (non-hydrogen) atoms. The quantitative estimate of drug-likeness (QED) is 0.160. The highest BCUT2D eigenvalue weighted by molar-refractivity contribution is 6.17. The fourth-order valence-corrected chi connectivity index (χ4v) is 8.63. The van der Waals surface area contributed by atoms with Crippen LogP contribution >= 0.6 is 0 Å². The van der Waals surface area contributed by atoms with Crippen molar-refractivity contribution < 1.29 is 4.42 Å². The van der Waals surface area contributed by atoms with Crippen LogP contribution in [-0.4, -0.2) is 29.5 Å². The minimum atomic E-state index is 0.578. The zero-order valence-corrected chi connectivity index (χ0v) is 33.2. The normalized spacial score (nSPS) is 11.5. The van der Waals surface area contributed by atoms with E-state index in [2.05, 4.69) is 102 Å². The smallest absolute Gasteiger partial charge is 0.235 e. The summed E-state index contributed by atoms with van der Waals surface area (Å²) in [5, 5.41) is 4.15. The van der Waals surface area contributed by atoms with Crippen LogP contribution in [-0.2, 0) is 0 Å². The van der Waals surface area contributed by atoms with Crippen LogP contribution < -0.4 is 0 Å². The van der Waals surface area contributed by atoms with E-state index in [-0.39, 0.29) is 0 Å². The summed E-state index contributed by atoms with van der Waals surface area (Å²) in [5.74, 6) is 2.40. The molecule has 0 fully saturated rings. The number of hydrogen-bond donors (Lipinski definition) is 0. The molecule has 4 heterocycles. The van der Waals surface area contributed by atoms with Gasteiger partial charge in [0.2, 0.25) is 5.95 Å². The van der Waals surface area contributed by atoms with Crippen molar-refractivity contribution in [1.29, 1.82) is 0 Å². The summed E-state index contributed by atoms with van der Waals surface area (Å²) in [6, 6.07) is 70.4. The Hall–Kier alpha value is -8.55. The van der Waals surface area contributed by atoms with Gasteiger partial charge in [-0.3, -0.25) is 4.57 Å². The van der Waals surface area contributed by atoms with Gasteiger partial charge >= 0.3 is 0 Å². The van der Waals surface area contributed by atoms with Crippen molar-refractivity contribution in [2.75, 3.05) is 0 Å². The predicted molar refractivity (Wildman–Crippen MR) is 250 cm³/mol. The summed E-state index contributed by atoms with van der Waals surface area (Å²) in [6.45, 7) is 0. The lowest BCUT2D eigenvalue weighted by molar-refractivity contribution is 0.669. The minimum Gasteiger partial charge on any atom is -0.456 e. The van der Waals surface area contributed by atoms with Crippen molar-refractivity contribution in [2.45, 2.75) is 0 Å². The number of hydrogen-bond acceptors (Lipinski definition) is 6. The number of aromatic nitrogens is 6. The number of furan rings is 1. The molecule has 0 saturated heterocycles. The molecule has 0 aliphatic carbocycles. The van der Waals surface area contributed by atoms with Gasteiger partial charge in [0.15, 0.2) is 17.5 Å². The summed E-state index contributed by atoms with van der Waals surface area (Å²) in [6.07, 6.45) is 0. The second kappa shape index (κ2) is 14.6. The maximum atomic E-state index is 6.56. The molecular weight excluding hydrogens is 761 g/mol. The molecule has 4 aromatic heterocycles. The average Bonchev–Trinajstić information content (AvgIpc) is 3.90. The van der Waals surface area contributed by atoms with E-state index < -0.39 is 0 Å². The van der Waals surface area contributed by atoms with E-state index in [0.29, 0.717) is 23.4 Å². The SMILES string of the molecule is c1ccc(-c2cc(-c3ccccc3)nc(-n3c4ccccc4c4c(-c5ccc6oc7cccc(-c8nc(-c9ccccc9)nc(-c9ccccc9)n8)c7c6c5)cccc43)n2)cc1. The van der Waals surface area contributed by atoms with E-state index >= 15 is 0 Å². The van der Waals surface area contributed by atoms with E-state index in [9.17, 15) is 0 Å². The molecule has 0 amide bonds. The maximum Gasteiger partial charge on any atom is 0.235 e. The van der Waals surface area contributed by atoms with Crippen molar-refractivity contribution in [3.05, 3.63) is 206 Å². The lowest BCUT2D eigenvalue weighted by Gasteiger charge is -2.12. The van der Waals surface area contributed by atoms with E-state index in [1.54, 1.807) is 0 Å². The second-order valence-corrected chi connectivity index (χ2v) is 15.3. The Kier molecular flexibility index (Phi) is 8.35. The number of benzene rings is 8. The molecule has 12 rings (SSSR count). The van der Waals surface area contributed by atoms with Gasteiger partial charge in [0.25, 0.3) is 0 Å². The summed E-state index contributed by atoms with van der Waals surface area (Å²) >= 11 is 0. The van der Waals surface area contributed by atoms with Gasteiger partial charge in [-0.25, -0.2) is 24.9 Å². The van der Waals surface area contributed by atoms with Gasteiger partial charge in [-0.1, -0.05) is 170 Å². The summed E-state index contributed by atoms with van der Waals surface area (Å²) in [7, 11) is 0. The summed E-state index contributed by atoms with van der Waals surface area (Å²) in [4.78, 5) is 25.6. The first-order valence-corrected chi connectivity index (χ1v) is 20.6. The van der Waals surface area contributed by atoms with Crippen molar-refractivity contribution in [2.24, 2.45) is 0 Å². The third-order valence-corrected chi connectivity index (χ3v) is 11.5. The first-order chi connectivity index (χ1) is 30.7. The van der Waals surface area contributed by atoms with Crippen molar-refractivity contribution >= 4 is 43.7 Å². The molecule has 0 aliphatic rings. The van der Waals surface area contributed by atoms with Gasteiger partial charge in [0.05, 0.1) is 22.4 Å². The van der Waals surface area contributed by atoms with E-state index in [0.717, 1.165) is 94.1 Å².